The van der Waals surface area contributed by atoms with E-state index in [1.54, 1.807) is 7.05 Å². The first-order valence-electron chi connectivity index (χ1n) is 6.36. The molecule has 92 valence electrons. The van der Waals surface area contributed by atoms with E-state index in [4.69, 9.17) is 0 Å². The molecule has 0 unspecified atom stereocenters. The van der Waals surface area contributed by atoms with Crippen molar-refractivity contribution in [3.05, 3.63) is 34.9 Å². The topological polar surface area (TPSA) is 41.1 Å². The molecule has 1 aromatic carbocycles. The minimum Gasteiger partial charge on any atom is -0.341 e. The number of nitrogens with one attached hydrogen (secondary N) is 2. The molecular formula is C14H20N2O. The summed E-state index contributed by atoms with van der Waals surface area (Å²) in [5, 5.41) is 5.36. The van der Waals surface area contributed by atoms with E-state index in [0.717, 1.165) is 6.42 Å². The SMILES string of the molecule is CNC(=O)NCCc1ccc2c(c1)CCCC2. The Balaban J connectivity index is 1.91. The van der Waals surface area contributed by atoms with E-state index in [0.29, 0.717) is 6.54 Å². The molecule has 2 rings (SSSR count). The lowest BCUT2D eigenvalue weighted by Crippen LogP contribution is -2.34. The van der Waals surface area contributed by atoms with Crippen LogP contribution < -0.4 is 10.6 Å². The molecule has 0 bridgehead atoms. The summed E-state index contributed by atoms with van der Waals surface area (Å²) in [6, 6.07) is 6.64. The number of rotatable bonds is 3. The maximum atomic E-state index is 11.0. The second kappa shape index (κ2) is 5.71. The molecule has 0 spiro atoms. The number of urea groups is 1. The maximum absolute atomic E-state index is 11.0. The van der Waals surface area contributed by atoms with E-state index < -0.39 is 0 Å². The third-order valence-corrected chi connectivity index (χ3v) is 3.34. The van der Waals surface area contributed by atoms with Crippen LogP contribution in [-0.2, 0) is 19.3 Å². The molecule has 0 radical (unpaired) electrons. The molecule has 2 N–H and O–H groups in total. The summed E-state index contributed by atoms with van der Waals surface area (Å²) in [5.41, 5.74) is 4.34. The van der Waals surface area contributed by atoms with Crippen LogP contribution in [0.5, 0.6) is 0 Å². The highest BCUT2D eigenvalue weighted by Crippen LogP contribution is 2.22. The standard InChI is InChI=1S/C14H20N2O/c1-15-14(17)16-9-8-11-6-7-12-4-2-3-5-13(12)10-11/h6-7,10H,2-5,8-9H2,1H3,(H2,15,16,17). The fourth-order valence-electron chi connectivity index (χ4n) is 2.35. The molecule has 3 nitrogen and oxygen atoms in total. The Labute approximate surface area is 103 Å². The zero-order valence-corrected chi connectivity index (χ0v) is 10.4. The molecular weight excluding hydrogens is 212 g/mol. The molecule has 1 aliphatic carbocycles. The molecule has 0 fully saturated rings. The van der Waals surface area contributed by atoms with Gasteiger partial charge in [0.2, 0.25) is 0 Å². The normalized spacial score (nSPS) is 13.9. The number of carbonyl (C=O) groups is 1. The summed E-state index contributed by atoms with van der Waals surface area (Å²) in [4.78, 5) is 11.0. The quantitative estimate of drug-likeness (QED) is 0.822. The first-order valence-corrected chi connectivity index (χ1v) is 6.36. The molecule has 17 heavy (non-hydrogen) atoms. The second-order valence-electron chi connectivity index (χ2n) is 4.57. The van der Waals surface area contributed by atoms with Gasteiger partial charge in [-0.05, 0) is 48.8 Å². The smallest absolute Gasteiger partial charge is 0.314 e. The Morgan fingerprint density at radius 2 is 2.00 bits per heavy atom. The number of hydrogen-bond acceptors (Lipinski definition) is 1. The van der Waals surface area contributed by atoms with E-state index in [9.17, 15) is 4.79 Å². The summed E-state index contributed by atoms with van der Waals surface area (Å²) in [6.45, 7) is 0.693. The molecule has 0 aliphatic heterocycles. The summed E-state index contributed by atoms with van der Waals surface area (Å²) in [7, 11) is 1.63. The Hall–Kier alpha value is -1.51. The lowest BCUT2D eigenvalue weighted by atomic mass is 9.90. The predicted molar refractivity (Wildman–Crippen MR) is 69.2 cm³/mol. The van der Waals surface area contributed by atoms with E-state index in [1.807, 2.05) is 0 Å². The Morgan fingerprint density at radius 1 is 1.24 bits per heavy atom. The van der Waals surface area contributed by atoms with Gasteiger partial charge in [-0.25, -0.2) is 4.79 Å². The highest BCUT2D eigenvalue weighted by atomic mass is 16.2. The molecule has 3 heteroatoms. The van der Waals surface area contributed by atoms with Gasteiger partial charge in [-0.2, -0.15) is 0 Å². The van der Waals surface area contributed by atoms with Crippen molar-refractivity contribution in [2.45, 2.75) is 32.1 Å². The molecule has 0 heterocycles. The number of fused-ring (bicyclic) bond motifs is 1. The van der Waals surface area contributed by atoms with Crippen LogP contribution in [0, 0.1) is 0 Å². The van der Waals surface area contributed by atoms with Gasteiger partial charge in [0.1, 0.15) is 0 Å². The summed E-state index contributed by atoms with van der Waals surface area (Å²) in [6.07, 6.45) is 5.98. The highest BCUT2D eigenvalue weighted by molar-refractivity contribution is 5.73. The van der Waals surface area contributed by atoms with E-state index >= 15 is 0 Å². The average Bonchev–Trinajstić information content (AvgIpc) is 2.38. The van der Waals surface area contributed by atoms with Crippen molar-refractivity contribution in [2.24, 2.45) is 0 Å². The van der Waals surface area contributed by atoms with Crippen LogP contribution in [0.4, 0.5) is 4.79 Å². The minimum absolute atomic E-state index is 0.108. The molecule has 0 saturated heterocycles. The molecule has 1 aromatic rings. The molecule has 2 amide bonds. The van der Waals surface area contributed by atoms with Crippen molar-refractivity contribution in [2.75, 3.05) is 13.6 Å². The zero-order valence-electron chi connectivity index (χ0n) is 10.4. The zero-order chi connectivity index (χ0) is 12.1. The number of carbonyl (C=O) groups excluding carboxylic acids is 1. The first kappa shape index (κ1) is 12.0. The summed E-state index contributed by atoms with van der Waals surface area (Å²) < 4.78 is 0. The van der Waals surface area contributed by atoms with Crippen molar-refractivity contribution < 1.29 is 4.79 Å². The number of aryl methyl sites for hydroxylation is 2. The van der Waals surface area contributed by atoms with Gasteiger partial charge in [-0.15, -0.1) is 0 Å². The van der Waals surface area contributed by atoms with Crippen LogP contribution in [0.3, 0.4) is 0 Å². The third kappa shape index (κ3) is 3.22. The molecule has 0 aromatic heterocycles. The van der Waals surface area contributed by atoms with Gasteiger partial charge in [0.15, 0.2) is 0 Å². The molecule has 0 saturated carbocycles. The van der Waals surface area contributed by atoms with Crippen molar-refractivity contribution in [3.63, 3.8) is 0 Å². The van der Waals surface area contributed by atoms with Crippen LogP contribution in [0.2, 0.25) is 0 Å². The van der Waals surface area contributed by atoms with E-state index in [1.165, 1.54) is 42.4 Å². The van der Waals surface area contributed by atoms with E-state index in [2.05, 4.69) is 28.8 Å². The Morgan fingerprint density at radius 3 is 2.76 bits per heavy atom. The third-order valence-electron chi connectivity index (χ3n) is 3.34. The van der Waals surface area contributed by atoms with E-state index in [-0.39, 0.29) is 6.03 Å². The lowest BCUT2D eigenvalue weighted by Gasteiger charge is -2.16. The second-order valence-corrected chi connectivity index (χ2v) is 4.57. The van der Waals surface area contributed by atoms with Crippen LogP contribution >= 0.6 is 0 Å². The number of amides is 2. The monoisotopic (exact) mass is 232 g/mol. The van der Waals surface area contributed by atoms with Crippen molar-refractivity contribution in [1.29, 1.82) is 0 Å². The highest BCUT2D eigenvalue weighted by Gasteiger charge is 2.09. The lowest BCUT2D eigenvalue weighted by molar-refractivity contribution is 0.243. The van der Waals surface area contributed by atoms with Gasteiger partial charge in [-0.3, -0.25) is 0 Å². The fraction of sp³-hybridized carbons (Fsp3) is 0.500. The van der Waals surface area contributed by atoms with Crippen LogP contribution in [0.25, 0.3) is 0 Å². The van der Waals surface area contributed by atoms with Gasteiger partial charge >= 0.3 is 6.03 Å². The molecule has 0 atom stereocenters. The minimum atomic E-state index is -0.108. The summed E-state index contributed by atoms with van der Waals surface area (Å²) >= 11 is 0. The van der Waals surface area contributed by atoms with Crippen molar-refractivity contribution >= 4 is 6.03 Å². The van der Waals surface area contributed by atoms with Crippen molar-refractivity contribution in [1.82, 2.24) is 10.6 Å². The van der Waals surface area contributed by atoms with Crippen LogP contribution in [0.15, 0.2) is 18.2 Å². The van der Waals surface area contributed by atoms with Gasteiger partial charge in [0, 0.05) is 13.6 Å². The Kier molecular flexibility index (Phi) is 4.02. The van der Waals surface area contributed by atoms with Gasteiger partial charge in [0.05, 0.1) is 0 Å². The average molecular weight is 232 g/mol. The Bertz CT molecular complexity index is 401. The predicted octanol–water partition coefficient (Wildman–Crippen LogP) is 2.04. The van der Waals surface area contributed by atoms with Gasteiger partial charge < -0.3 is 10.6 Å². The van der Waals surface area contributed by atoms with Crippen LogP contribution in [-0.4, -0.2) is 19.6 Å². The van der Waals surface area contributed by atoms with Crippen molar-refractivity contribution in [3.8, 4) is 0 Å². The largest absolute Gasteiger partial charge is 0.341 e. The molecule has 1 aliphatic rings. The van der Waals surface area contributed by atoms with Crippen LogP contribution in [0.1, 0.15) is 29.5 Å². The van der Waals surface area contributed by atoms with Gasteiger partial charge in [0.25, 0.3) is 0 Å². The number of benzene rings is 1. The fourth-order valence-corrected chi connectivity index (χ4v) is 2.35. The summed E-state index contributed by atoms with van der Waals surface area (Å²) in [5.74, 6) is 0. The first-order chi connectivity index (χ1) is 8.29. The maximum Gasteiger partial charge on any atom is 0.314 e. The van der Waals surface area contributed by atoms with Gasteiger partial charge in [-0.1, -0.05) is 18.2 Å². The number of hydrogen-bond donors (Lipinski definition) is 2.